The maximum atomic E-state index is 12.6. The number of amides is 2. The number of alkyl halides is 3. The molecule has 3 aromatic carbocycles. The number of fused-ring (bicyclic) bond motifs is 6. The number of rotatable bonds is 2. The number of carboxylic acids is 1. The van der Waals surface area contributed by atoms with E-state index in [9.17, 15) is 18.0 Å². The molecule has 1 aliphatic heterocycles. The number of carbonyl (C=O) groups excluding carboxylic acids is 1. The molecule has 1 aromatic heterocycles. The van der Waals surface area contributed by atoms with Gasteiger partial charge in [-0.25, -0.2) is 14.6 Å². The van der Waals surface area contributed by atoms with Crippen LogP contribution in [0.15, 0.2) is 72.9 Å². The summed E-state index contributed by atoms with van der Waals surface area (Å²) in [4.78, 5) is 30.3. The molecule has 0 unspecified atom stereocenters. The van der Waals surface area contributed by atoms with Crippen LogP contribution in [0.5, 0.6) is 0 Å². The van der Waals surface area contributed by atoms with Gasteiger partial charge in [-0.05, 0) is 78.6 Å². The molecule has 4 aromatic rings. The van der Waals surface area contributed by atoms with Crippen LogP contribution in [-0.2, 0) is 17.6 Å². The van der Waals surface area contributed by atoms with Crippen molar-refractivity contribution < 1.29 is 27.9 Å². The highest BCUT2D eigenvalue weighted by Gasteiger charge is 2.38. The van der Waals surface area contributed by atoms with Gasteiger partial charge in [-0.2, -0.15) is 23.4 Å². The number of nitrogens with one attached hydrogen (secondary N) is 4. The van der Waals surface area contributed by atoms with Crippen molar-refractivity contribution in [1.29, 1.82) is 5.26 Å². The molecule has 214 valence electrons. The van der Waals surface area contributed by atoms with E-state index in [2.05, 4.69) is 49.4 Å². The van der Waals surface area contributed by atoms with E-state index in [0.29, 0.717) is 33.7 Å². The van der Waals surface area contributed by atoms with E-state index in [-0.39, 0.29) is 0 Å². The molecule has 0 fully saturated rings. The Hall–Kier alpha value is -5.35. The highest BCUT2D eigenvalue weighted by atomic mass is 35.5. The SMILES string of the molecule is N#Cc1ccc(NC(=O)Nc2cc3cc(c2)Nc2nc(ncc2Cl)Nc2cccc(c2)CC3)cc1.O=C(O)C(F)(F)F. The van der Waals surface area contributed by atoms with E-state index < -0.39 is 18.2 Å². The van der Waals surface area contributed by atoms with Crippen molar-refractivity contribution in [2.45, 2.75) is 19.0 Å². The highest BCUT2D eigenvalue weighted by Crippen LogP contribution is 2.29. The minimum absolute atomic E-state index is 0.373. The predicted octanol–water partition coefficient (Wildman–Crippen LogP) is 6.86. The lowest BCUT2D eigenvalue weighted by Crippen LogP contribution is -2.21. The van der Waals surface area contributed by atoms with Gasteiger partial charge < -0.3 is 26.4 Å². The third-order valence-electron chi connectivity index (χ3n) is 5.66. The molecular formula is C28H21ClF3N7O3. The Labute approximate surface area is 242 Å². The van der Waals surface area contributed by atoms with Gasteiger partial charge in [0.15, 0.2) is 5.82 Å². The molecule has 2 amide bonds. The molecule has 0 saturated heterocycles. The van der Waals surface area contributed by atoms with Crippen LogP contribution in [-0.4, -0.2) is 33.3 Å². The number of urea groups is 1. The van der Waals surface area contributed by atoms with Crippen molar-refractivity contribution in [2.75, 3.05) is 21.3 Å². The summed E-state index contributed by atoms with van der Waals surface area (Å²) < 4.78 is 31.7. The quantitative estimate of drug-likeness (QED) is 0.168. The van der Waals surface area contributed by atoms with Gasteiger partial charge in [0.05, 0.1) is 17.8 Å². The average molecular weight is 596 g/mol. The van der Waals surface area contributed by atoms with E-state index in [1.807, 2.05) is 30.3 Å². The number of aryl methyl sites for hydroxylation is 2. The van der Waals surface area contributed by atoms with Crippen LogP contribution >= 0.6 is 11.6 Å². The zero-order valence-electron chi connectivity index (χ0n) is 21.5. The Bertz CT molecular complexity index is 1660. The second-order valence-corrected chi connectivity index (χ2v) is 9.24. The lowest BCUT2D eigenvalue weighted by molar-refractivity contribution is -0.192. The van der Waals surface area contributed by atoms with Gasteiger partial charge in [0.25, 0.3) is 0 Å². The fourth-order valence-electron chi connectivity index (χ4n) is 3.78. The Morgan fingerprint density at radius 1 is 0.929 bits per heavy atom. The number of benzene rings is 3. The molecule has 2 heterocycles. The minimum Gasteiger partial charge on any atom is -0.475 e. The number of hydrogen-bond acceptors (Lipinski definition) is 7. The van der Waals surface area contributed by atoms with Gasteiger partial charge in [0.1, 0.15) is 5.02 Å². The number of nitriles is 1. The van der Waals surface area contributed by atoms with E-state index in [0.717, 1.165) is 35.3 Å². The van der Waals surface area contributed by atoms with Gasteiger partial charge >= 0.3 is 18.2 Å². The smallest absolute Gasteiger partial charge is 0.475 e. The monoisotopic (exact) mass is 595 g/mol. The van der Waals surface area contributed by atoms with Crippen molar-refractivity contribution in [1.82, 2.24) is 9.97 Å². The molecule has 0 saturated carbocycles. The lowest BCUT2D eigenvalue weighted by Gasteiger charge is -2.14. The fraction of sp³-hybridized carbons (Fsp3) is 0.107. The van der Waals surface area contributed by atoms with Gasteiger partial charge in [-0.1, -0.05) is 23.7 Å². The first-order valence-corrected chi connectivity index (χ1v) is 12.5. The predicted molar refractivity (Wildman–Crippen MR) is 151 cm³/mol. The topological polar surface area (TPSA) is 152 Å². The number of halogens is 4. The van der Waals surface area contributed by atoms with Crippen molar-refractivity contribution in [3.63, 3.8) is 0 Å². The number of carbonyl (C=O) groups is 2. The van der Waals surface area contributed by atoms with Crippen molar-refractivity contribution in [3.05, 3.63) is 94.6 Å². The molecule has 42 heavy (non-hydrogen) atoms. The maximum absolute atomic E-state index is 12.6. The van der Waals surface area contributed by atoms with Crippen LogP contribution in [0.1, 0.15) is 16.7 Å². The summed E-state index contributed by atoms with van der Waals surface area (Å²) in [5, 5.41) is 28.6. The molecular weight excluding hydrogens is 575 g/mol. The fourth-order valence-corrected chi connectivity index (χ4v) is 3.91. The number of carboxylic acid groups (broad SMARTS) is 1. The van der Waals surface area contributed by atoms with E-state index in [4.69, 9.17) is 26.8 Å². The first kappa shape index (κ1) is 29.6. The molecule has 0 aliphatic carbocycles. The second kappa shape index (κ2) is 12.9. The summed E-state index contributed by atoms with van der Waals surface area (Å²) in [5.74, 6) is -1.89. The third-order valence-corrected chi connectivity index (χ3v) is 5.93. The van der Waals surface area contributed by atoms with Crippen molar-refractivity contribution in [3.8, 4) is 6.07 Å². The van der Waals surface area contributed by atoms with Gasteiger partial charge in [0.2, 0.25) is 5.95 Å². The van der Waals surface area contributed by atoms with Crippen LogP contribution < -0.4 is 21.3 Å². The Balaban J connectivity index is 0.000000517. The molecule has 5 N–H and O–H groups in total. The zero-order chi connectivity index (χ0) is 30.3. The maximum Gasteiger partial charge on any atom is 0.490 e. The molecule has 0 atom stereocenters. The van der Waals surface area contributed by atoms with E-state index >= 15 is 0 Å². The van der Waals surface area contributed by atoms with E-state index in [1.54, 1.807) is 24.3 Å². The number of aliphatic carboxylic acids is 1. The van der Waals surface area contributed by atoms with Crippen LogP contribution in [0, 0.1) is 11.3 Å². The number of aromatic nitrogens is 2. The van der Waals surface area contributed by atoms with Crippen LogP contribution in [0.2, 0.25) is 5.02 Å². The number of anilines is 6. The second-order valence-electron chi connectivity index (χ2n) is 8.83. The summed E-state index contributed by atoms with van der Waals surface area (Å²) in [6, 6.07) is 22.2. The van der Waals surface area contributed by atoms with Crippen molar-refractivity contribution >= 4 is 58.1 Å². The van der Waals surface area contributed by atoms with Gasteiger partial charge in [-0.3, -0.25) is 0 Å². The molecule has 14 heteroatoms. The molecule has 0 spiro atoms. The van der Waals surface area contributed by atoms with Crippen LogP contribution in [0.3, 0.4) is 0 Å². The van der Waals surface area contributed by atoms with Crippen molar-refractivity contribution in [2.24, 2.45) is 0 Å². The molecule has 6 bridgehead atoms. The Kier molecular flexibility index (Phi) is 9.08. The molecule has 10 nitrogen and oxygen atoms in total. The lowest BCUT2D eigenvalue weighted by atomic mass is 10.0. The van der Waals surface area contributed by atoms with E-state index in [1.165, 1.54) is 6.20 Å². The summed E-state index contributed by atoms with van der Waals surface area (Å²) in [7, 11) is 0. The standard InChI is InChI=1S/C26H20ClN7O.C2HF3O2/c27-23-15-29-25-31-20-3-1-2-16(10-20)4-5-18-11-21(30-24(23)34-25)13-22(12-18)33-26(35)32-19-8-6-17(14-28)7-9-19;3-2(4,5)1(6)7/h1-3,6-13,15H,4-5H2,(H2,32,33,35)(H2,29,30,31,34);(H,6,7). The minimum atomic E-state index is -5.08. The molecule has 5 rings (SSSR count). The highest BCUT2D eigenvalue weighted by molar-refractivity contribution is 6.32. The first-order valence-electron chi connectivity index (χ1n) is 12.2. The zero-order valence-corrected chi connectivity index (χ0v) is 22.2. The summed E-state index contributed by atoms with van der Waals surface area (Å²) in [5.41, 5.74) is 5.54. The summed E-state index contributed by atoms with van der Waals surface area (Å²) in [6.07, 6.45) is -1.96. The number of hydrogen-bond donors (Lipinski definition) is 5. The van der Waals surface area contributed by atoms with Gasteiger partial charge in [-0.15, -0.1) is 0 Å². The largest absolute Gasteiger partial charge is 0.490 e. The normalized spacial score (nSPS) is 11.8. The Morgan fingerprint density at radius 2 is 1.60 bits per heavy atom. The molecule has 1 aliphatic rings. The Morgan fingerprint density at radius 3 is 2.29 bits per heavy atom. The molecule has 0 radical (unpaired) electrons. The summed E-state index contributed by atoms with van der Waals surface area (Å²) >= 11 is 6.35. The third kappa shape index (κ3) is 8.33. The summed E-state index contributed by atoms with van der Waals surface area (Å²) in [6.45, 7) is 0. The van der Waals surface area contributed by atoms with Crippen LogP contribution in [0.25, 0.3) is 0 Å². The van der Waals surface area contributed by atoms with Gasteiger partial charge in [0, 0.05) is 22.7 Å². The van der Waals surface area contributed by atoms with Crippen LogP contribution in [0.4, 0.5) is 52.5 Å². The number of nitrogens with zero attached hydrogens (tertiary/aromatic N) is 3. The first-order chi connectivity index (χ1) is 20.0. The average Bonchev–Trinajstić information content (AvgIpc) is 2.94.